The van der Waals surface area contributed by atoms with Crippen LogP contribution in [-0.2, 0) is 6.18 Å². The maximum atomic E-state index is 12.4. The van der Waals surface area contributed by atoms with Gasteiger partial charge in [0.15, 0.2) is 0 Å². The maximum Gasteiger partial charge on any atom is 0.416 e. The zero-order valence-electron chi connectivity index (χ0n) is 8.50. The summed E-state index contributed by atoms with van der Waals surface area (Å²) in [7, 11) is 0. The van der Waals surface area contributed by atoms with E-state index in [1.54, 1.807) is 17.1 Å². The van der Waals surface area contributed by atoms with E-state index in [0.29, 0.717) is 10.2 Å². The molecular weight excluding hydrogens is 297 g/mol. The zero-order valence-corrected chi connectivity index (χ0v) is 10.1. The highest BCUT2D eigenvalue weighted by Gasteiger charge is 2.30. The molecule has 0 aliphatic carbocycles. The molecule has 2 rings (SSSR count). The van der Waals surface area contributed by atoms with E-state index in [2.05, 4.69) is 21.4 Å². The van der Waals surface area contributed by atoms with Crippen LogP contribution in [0.15, 0.2) is 47.2 Å². The largest absolute Gasteiger partial charge is 0.416 e. The molecule has 1 aromatic heterocycles. The van der Waals surface area contributed by atoms with Crippen molar-refractivity contribution in [2.24, 2.45) is 0 Å². The SMILES string of the molecule is FC(F)(F)c1ccc(Nn2cccc2)c(Br)c1. The van der Waals surface area contributed by atoms with Crippen molar-refractivity contribution in [3.05, 3.63) is 52.8 Å². The summed E-state index contributed by atoms with van der Waals surface area (Å²) in [5.41, 5.74) is 2.82. The quantitative estimate of drug-likeness (QED) is 0.882. The van der Waals surface area contributed by atoms with Gasteiger partial charge in [-0.25, -0.2) is 0 Å². The fourth-order valence-electron chi connectivity index (χ4n) is 1.33. The van der Waals surface area contributed by atoms with Crippen molar-refractivity contribution in [1.29, 1.82) is 0 Å². The van der Waals surface area contributed by atoms with E-state index < -0.39 is 11.7 Å². The first-order valence-corrected chi connectivity index (χ1v) is 5.53. The topological polar surface area (TPSA) is 17.0 Å². The molecule has 0 spiro atoms. The molecule has 0 aliphatic rings. The molecule has 0 saturated heterocycles. The second kappa shape index (κ2) is 4.44. The summed E-state index contributed by atoms with van der Waals surface area (Å²) >= 11 is 3.11. The third-order valence-corrected chi connectivity index (χ3v) is 2.81. The summed E-state index contributed by atoms with van der Waals surface area (Å²) in [5, 5.41) is 0. The first-order valence-electron chi connectivity index (χ1n) is 4.73. The third kappa shape index (κ3) is 2.82. The van der Waals surface area contributed by atoms with Crippen LogP contribution < -0.4 is 5.43 Å². The molecule has 17 heavy (non-hydrogen) atoms. The van der Waals surface area contributed by atoms with Crippen LogP contribution in [0.1, 0.15) is 5.56 Å². The Kier molecular flexibility index (Phi) is 3.15. The standard InChI is InChI=1S/C11H8BrF3N2/c12-9-7-8(11(13,14)15)3-4-10(9)16-17-5-1-2-6-17/h1-7,16H. The van der Waals surface area contributed by atoms with E-state index in [1.165, 1.54) is 6.07 Å². The van der Waals surface area contributed by atoms with Gasteiger partial charge in [0.1, 0.15) is 0 Å². The molecule has 1 heterocycles. The van der Waals surface area contributed by atoms with Crippen molar-refractivity contribution in [3.8, 4) is 0 Å². The van der Waals surface area contributed by atoms with E-state index in [1.807, 2.05) is 12.1 Å². The van der Waals surface area contributed by atoms with Gasteiger partial charge in [-0.1, -0.05) is 0 Å². The third-order valence-electron chi connectivity index (χ3n) is 2.15. The van der Waals surface area contributed by atoms with Crippen LogP contribution in [0.5, 0.6) is 0 Å². The molecule has 90 valence electrons. The number of benzene rings is 1. The van der Waals surface area contributed by atoms with Gasteiger partial charge in [0.25, 0.3) is 0 Å². The number of hydrogen-bond acceptors (Lipinski definition) is 1. The monoisotopic (exact) mass is 304 g/mol. The van der Waals surface area contributed by atoms with Gasteiger partial charge < -0.3 is 0 Å². The van der Waals surface area contributed by atoms with Gasteiger partial charge in [-0.05, 0) is 46.3 Å². The molecular formula is C11H8BrF3N2. The number of nitrogens with zero attached hydrogens (tertiary/aromatic N) is 1. The highest BCUT2D eigenvalue weighted by molar-refractivity contribution is 9.10. The van der Waals surface area contributed by atoms with Crippen LogP contribution in [0.3, 0.4) is 0 Å². The van der Waals surface area contributed by atoms with Gasteiger partial charge in [-0.15, -0.1) is 0 Å². The summed E-state index contributed by atoms with van der Waals surface area (Å²) < 4.78 is 39.3. The minimum atomic E-state index is -4.32. The molecule has 2 aromatic rings. The van der Waals surface area contributed by atoms with Gasteiger partial charge in [0.05, 0.1) is 11.3 Å². The van der Waals surface area contributed by atoms with Crippen LogP contribution >= 0.6 is 15.9 Å². The molecule has 0 radical (unpaired) electrons. The Morgan fingerprint density at radius 3 is 2.29 bits per heavy atom. The molecule has 1 aromatic carbocycles. The van der Waals surface area contributed by atoms with Gasteiger partial charge in [0.2, 0.25) is 0 Å². The number of alkyl halides is 3. The minimum absolute atomic E-state index is 0.362. The Balaban J connectivity index is 2.26. The van der Waals surface area contributed by atoms with Crippen LogP contribution in [0.2, 0.25) is 0 Å². The van der Waals surface area contributed by atoms with Crippen molar-refractivity contribution in [1.82, 2.24) is 4.68 Å². The Labute approximate surface area is 104 Å². The van der Waals surface area contributed by atoms with E-state index >= 15 is 0 Å². The van der Waals surface area contributed by atoms with Gasteiger partial charge in [-0.3, -0.25) is 10.1 Å². The molecule has 0 fully saturated rings. The number of hydrogen-bond donors (Lipinski definition) is 1. The predicted octanol–water partition coefficient (Wildman–Crippen LogP) is 4.14. The van der Waals surface area contributed by atoms with Crippen LogP contribution in [0, 0.1) is 0 Å². The predicted molar refractivity (Wildman–Crippen MR) is 62.6 cm³/mol. The molecule has 1 N–H and O–H groups in total. The highest BCUT2D eigenvalue weighted by Crippen LogP contribution is 2.33. The lowest BCUT2D eigenvalue weighted by Crippen LogP contribution is -2.08. The van der Waals surface area contributed by atoms with Crippen LogP contribution in [-0.4, -0.2) is 4.68 Å². The van der Waals surface area contributed by atoms with E-state index in [0.717, 1.165) is 12.1 Å². The lowest BCUT2D eigenvalue weighted by atomic mass is 10.2. The summed E-state index contributed by atoms with van der Waals surface area (Å²) in [6.45, 7) is 0. The molecule has 6 heteroatoms. The average Bonchev–Trinajstić information content (AvgIpc) is 2.72. The smallest absolute Gasteiger partial charge is 0.294 e. The number of rotatable bonds is 2. The highest BCUT2D eigenvalue weighted by atomic mass is 79.9. The van der Waals surface area contributed by atoms with Crippen LogP contribution in [0.4, 0.5) is 18.9 Å². The fourth-order valence-corrected chi connectivity index (χ4v) is 1.80. The normalized spacial score (nSPS) is 11.5. The Hall–Kier alpha value is -1.43. The minimum Gasteiger partial charge on any atom is -0.294 e. The van der Waals surface area contributed by atoms with Crippen LogP contribution in [0.25, 0.3) is 0 Å². The molecule has 0 saturated carbocycles. The molecule has 0 unspecified atom stereocenters. The van der Waals surface area contributed by atoms with Crippen molar-refractivity contribution >= 4 is 21.6 Å². The molecule has 2 nitrogen and oxygen atoms in total. The Bertz CT molecular complexity index is 506. The van der Waals surface area contributed by atoms with Crippen molar-refractivity contribution in [2.75, 3.05) is 5.43 Å². The average molecular weight is 305 g/mol. The summed E-state index contributed by atoms with van der Waals surface area (Å²) in [6.07, 6.45) is -0.817. The van der Waals surface area contributed by atoms with Crippen molar-refractivity contribution in [2.45, 2.75) is 6.18 Å². The van der Waals surface area contributed by atoms with Gasteiger partial charge in [-0.2, -0.15) is 13.2 Å². The molecule has 0 amide bonds. The number of halogens is 4. The Morgan fingerprint density at radius 2 is 1.76 bits per heavy atom. The first-order chi connectivity index (χ1) is 7.97. The molecule has 0 atom stereocenters. The van der Waals surface area contributed by atoms with Crippen molar-refractivity contribution < 1.29 is 13.2 Å². The lowest BCUT2D eigenvalue weighted by Gasteiger charge is -2.12. The van der Waals surface area contributed by atoms with E-state index in [-0.39, 0.29) is 0 Å². The Morgan fingerprint density at radius 1 is 1.12 bits per heavy atom. The van der Waals surface area contributed by atoms with Gasteiger partial charge in [0, 0.05) is 16.9 Å². The fraction of sp³-hybridized carbons (Fsp3) is 0.0909. The van der Waals surface area contributed by atoms with E-state index in [4.69, 9.17) is 0 Å². The summed E-state index contributed by atoms with van der Waals surface area (Å²) in [6, 6.07) is 7.09. The number of nitrogens with one attached hydrogen (secondary N) is 1. The summed E-state index contributed by atoms with van der Waals surface area (Å²) in [4.78, 5) is 0. The molecule has 0 bridgehead atoms. The lowest BCUT2D eigenvalue weighted by molar-refractivity contribution is -0.137. The van der Waals surface area contributed by atoms with Crippen molar-refractivity contribution in [3.63, 3.8) is 0 Å². The summed E-state index contributed by atoms with van der Waals surface area (Å²) in [5.74, 6) is 0. The first kappa shape index (κ1) is 12.0. The maximum absolute atomic E-state index is 12.4. The van der Waals surface area contributed by atoms with Gasteiger partial charge >= 0.3 is 6.18 Å². The second-order valence-corrected chi connectivity index (χ2v) is 4.25. The number of aromatic nitrogens is 1. The van der Waals surface area contributed by atoms with E-state index in [9.17, 15) is 13.2 Å². The number of anilines is 1. The second-order valence-electron chi connectivity index (χ2n) is 3.39. The molecule has 0 aliphatic heterocycles. The zero-order chi connectivity index (χ0) is 12.5.